The van der Waals surface area contributed by atoms with Crippen LogP contribution in [0, 0.1) is 0 Å². The number of ether oxygens (including phenoxy) is 1. The van der Waals surface area contributed by atoms with E-state index < -0.39 is 16.0 Å². The first-order chi connectivity index (χ1) is 8.79. The van der Waals surface area contributed by atoms with Gasteiger partial charge in [0.1, 0.15) is 11.0 Å². The van der Waals surface area contributed by atoms with Gasteiger partial charge in [-0.25, -0.2) is 18.4 Å². The molecule has 8 heteroatoms. The van der Waals surface area contributed by atoms with Crippen molar-refractivity contribution in [2.75, 3.05) is 0 Å². The van der Waals surface area contributed by atoms with E-state index in [9.17, 15) is 13.2 Å². The molecule has 2 N–H and O–H groups in total. The van der Waals surface area contributed by atoms with Crippen LogP contribution in [0.4, 0.5) is 0 Å². The Kier molecular flexibility index (Phi) is 4.06. The van der Waals surface area contributed by atoms with Crippen molar-refractivity contribution in [3.8, 4) is 0 Å². The van der Waals surface area contributed by atoms with Crippen molar-refractivity contribution in [3.63, 3.8) is 0 Å². The van der Waals surface area contributed by atoms with E-state index >= 15 is 0 Å². The molecular formula is C11H11Cl2NO4S. The van der Waals surface area contributed by atoms with Gasteiger partial charge in [-0.1, -0.05) is 23.2 Å². The lowest BCUT2D eigenvalue weighted by atomic mass is 9.96. The summed E-state index contributed by atoms with van der Waals surface area (Å²) in [5, 5.41) is 4.79. The largest absolute Gasteiger partial charge is 0.459 e. The van der Waals surface area contributed by atoms with Gasteiger partial charge in [0, 0.05) is 5.02 Å². The molecule has 0 radical (unpaired) electrons. The van der Waals surface area contributed by atoms with Gasteiger partial charge in [0.15, 0.2) is 0 Å². The van der Waals surface area contributed by atoms with E-state index in [-0.39, 0.29) is 26.6 Å². The molecule has 0 saturated heterocycles. The Balaban J connectivity index is 2.39. The molecule has 0 aliphatic heterocycles. The molecule has 0 unspecified atom stereocenters. The van der Waals surface area contributed by atoms with Crippen molar-refractivity contribution in [1.29, 1.82) is 0 Å². The average Bonchev–Trinajstić information content (AvgIpc) is 2.24. The standard InChI is InChI=1S/C11H11Cl2NO4S/c12-6-4-8(11(15)18-7-2-1-3-7)10(13)9(5-6)19(14,16)17/h4-5,7H,1-3H2,(H2,14,16,17). The zero-order chi connectivity index (χ0) is 14.2. The van der Waals surface area contributed by atoms with Gasteiger partial charge >= 0.3 is 5.97 Å². The highest BCUT2D eigenvalue weighted by Gasteiger charge is 2.26. The Morgan fingerprint density at radius 2 is 1.95 bits per heavy atom. The quantitative estimate of drug-likeness (QED) is 0.865. The number of sulfonamides is 1. The van der Waals surface area contributed by atoms with Gasteiger partial charge in [-0.15, -0.1) is 0 Å². The molecule has 1 aliphatic rings. The second-order valence-electron chi connectivity index (χ2n) is 4.27. The summed E-state index contributed by atoms with van der Waals surface area (Å²) in [7, 11) is -4.06. The number of halogens is 2. The van der Waals surface area contributed by atoms with E-state index in [1.807, 2.05) is 0 Å². The SMILES string of the molecule is NS(=O)(=O)c1cc(Cl)cc(C(=O)OC2CCC2)c1Cl. The molecule has 2 rings (SSSR count). The van der Waals surface area contributed by atoms with Crippen LogP contribution in [-0.4, -0.2) is 20.5 Å². The summed E-state index contributed by atoms with van der Waals surface area (Å²) in [5.41, 5.74) is -0.0925. The molecule has 1 saturated carbocycles. The van der Waals surface area contributed by atoms with E-state index in [2.05, 4.69) is 0 Å². The maximum absolute atomic E-state index is 11.9. The maximum atomic E-state index is 11.9. The van der Waals surface area contributed by atoms with E-state index in [1.54, 1.807) is 0 Å². The summed E-state index contributed by atoms with van der Waals surface area (Å²) >= 11 is 11.7. The van der Waals surface area contributed by atoms with Crippen LogP contribution in [0.3, 0.4) is 0 Å². The minimum absolute atomic E-state index is 0.0500. The van der Waals surface area contributed by atoms with Crippen molar-refractivity contribution in [3.05, 3.63) is 27.7 Å². The van der Waals surface area contributed by atoms with Crippen LogP contribution in [0.5, 0.6) is 0 Å². The van der Waals surface area contributed by atoms with Crippen LogP contribution in [0.1, 0.15) is 29.6 Å². The number of rotatable bonds is 3. The van der Waals surface area contributed by atoms with E-state index in [1.165, 1.54) is 6.07 Å². The fourth-order valence-electron chi connectivity index (χ4n) is 1.62. The van der Waals surface area contributed by atoms with Gasteiger partial charge in [0.05, 0.1) is 10.6 Å². The highest BCUT2D eigenvalue weighted by atomic mass is 35.5. The molecule has 0 atom stereocenters. The lowest BCUT2D eigenvalue weighted by Gasteiger charge is -2.25. The number of nitrogens with two attached hydrogens (primary N) is 1. The van der Waals surface area contributed by atoms with Gasteiger partial charge in [0.25, 0.3) is 0 Å². The van der Waals surface area contributed by atoms with Crippen LogP contribution in [0.25, 0.3) is 0 Å². The number of primary sulfonamides is 1. The van der Waals surface area contributed by atoms with Crippen LogP contribution in [0.2, 0.25) is 10.0 Å². The summed E-state index contributed by atoms with van der Waals surface area (Å²) in [5.74, 6) is -0.692. The third-order valence-electron chi connectivity index (χ3n) is 2.86. The number of esters is 1. The minimum Gasteiger partial charge on any atom is -0.459 e. The first-order valence-corrected chi connectivity index (χ1v) is 7.82. The maximum Gasteiger partial charge on any atom is 0.340 e. The van der Waals surface area contributed by atoms with Crippen molar-refractivity contribution < 1.29 is 17.9 Å². The van der Waals surface area contributed by atoms with E-state index in [4.69, 9.17) is 33.1 Å². The number of benzene rings is 1. The Morgan fingerprint density at radius 3 is 2.42 bits per heavy atom. The predicted molar refractivity (Wildman–Crippen MR) is 70.9 cm³/mol. The third kappa shape index (κ3) is 3.20. The molecule has 1 aliphatic carbocycles. The van der Waals surface area contributed by atoms with E-state index in [0.717, 1.165) is 25.3 Å². The second kappa shape index (κ2) is 5.28. The summed E-state index contributed by atoms with van der Waals surface area (Å²) in [4.78, 5) is 11.5. The first kappa shape index (κ1) is 14.6. The van der Waals surface area contributed by atoms with Gasteiger partial charge < -0.3 is 4.74 Å². The summed E-state index contributed by atoms with van der Waals surface area (Å²) in [6.07, 6.45) is 2.46. The lowest BCUT2D eigenvalue weighted by Crippen LogP contribution is -2.25. The van der Waals surface area contributed by atoms with E-state index in [0.29, 0.717) is 0 Å². The van der Waals surface area contributed by atoms with Crippen molar-refractivity contribution >= 4 is 39.2 Å². The fourth-order valence-corrected chi connectivity index (χ4v) is 3.07. The summed E-state index contributed by atoms with van der Waals surface area (Å²) in [6.45, 7) is 0. The smallest absolute Gasteiger partial charge is 0.340 e. The van der Waals surface area contributed by atoms with Gasteiger partial charge in [-0.3, -0.25) is 0 Å². The highest BCUT2D eigenvalue weighted by molar-refractivity contribution is 7.89. The number of carbonyl (C=O) groups is 1. The average molecular weight is 324 g/mol. The van der Waals surface area contributed by atoms with Crippen LogP contribution in [-0.2, 0) is 14.8 Å². The molecule has 0 aromatic heterocycles. The highest BCUT2D eigenvalue weighted by Crippen LogP contribution is 2.31. The Labute approximate surface area is 120 Å². The number of hydrogen-bond acceptors (Lipinski definition) is 4. The molecule has 0 spiro atoms. The van der Waals surface area contributed by atoms with Crippen LogP contribution < -0.4 is 5.14 Å². The number of carbonyl (C=O) groups excluding carboxylic acids is 1. The molecule has 19 heavy (non-hydrogen) atoms. The first-order valence-electron chi connectivity index (χ1n) is 5.52. The molecule has 0 heterocycles. The van der Waals surface area contributed by atoms with Crippen molar-refractivity contribution in [2.45, 2.75) is 30.3 Å². The second-order valence-corrected chi connectivity index (χ2v) is 6.61. The molecule has 104 valence electrons. The zero-order valence-electron chi connectivity index (χ0n) is 9.73. The fraction of sp³-hybridized carbons (Fsp3) is 0.364. The van der Waals surface area contributed by atoms with Gasteiger partial charge in [0.2, 0.25) is 10.0 Å². The topological polar surface area (TPSA) is 86.5 Å². The summed E-state index contributed by atoms with van der Waals surface area (Å²) in [6, 6.07) is 2.36. The molecule has 1 fully saturated rings. The molecule has 0 amide bonds. The number of hydrogen-bond donors (Lipinski definition) is 1. The molecule has 0 bridgehead atoms. The van der Waals surface area contributed by atoms with Crippen molar-refractivity contribution in [2.24, 2.45) is 5.14 Å². The lowest BCUT2D eigenvalue weighted by molar-refractivity contribution is 0.00900. The molecular weight excluding hydrogens is 313 g/mol. The predicted octanol–water partition coefficient (Wildman–Crippen LogP) is 2.35. The zero-order valence-corrected chi connectivity index (χ0v) is 12.1. The van der Waals surface area contributed by atoms with Crippen LogP contribution in [0.15, 0.2) is 17.0 Å². The normalized spacial score (nSPS) is 15.9. The van der Waals surface area contributed by atoms with Crippen molar-refractivity contribution in [1.82, 2.24) is 0 Å². The Hall–Kier alpha value is -0.820. The van der Waals surface area contributed by atoms with Gasteiger partial charge in [-0.2, -0.15) is 0 Å². The summed E-state index contributed by atoms with van der Waals surface area (Å²) < 4.78 is 27.9. The molecule has 1 aromatic rings. The minimum atomic E-state index is -4.06. The van der Waals surface area contributed by atoms with Gasteiger partial charge in [-0.05, 0) is 31.4 Å². The monoisotopic (exact) mass is 323 g/mol. The van der Waals surface area contributed by atoms with Crippen LogP contribution >= 0.6 is 23.2 Å². The Morgan fingerprint density at radius 1 is 1.32 bits per heavy atom. The Bertz CT molecular complexity index is 626. The molecule has 5 nitrogen and oxygen atoms in total. The molecule has 1 aromatic carbocycles. The third-order valence-corrected chi connectivity index (χ3v) is 4.53.